The Balaban J connectivity index is 1.81. The molecule has 0 aromatic carbocycles. The quantitative estimate of drug-likeness (QED) is 0.756. The minimum Gasteiger partial charge on any atom is -0.370 e. The van der Waals surface area contributed by atoms with Gasteiger partial charge in [-0.25, -0.2) is 4.98 Å². The smallest absolute Gasteiger partial charge is 0.128 e. The number of hydrogen-bond acceptors (Lipinski definition) is 4. The summed E-state index contributed by atoms with van der Waals surface area (Å²) in [7, 11) is 2.22. The van der Waals surface area contributed by atoms with Crippen LogP contribution in [-0.4, -0.2) is 42.1 Å². The average molecular weight is 262 g/mol. The Hall–Kier alpha value is -1.29. The van der Waals surface area contributed by atoms with Crippen molar-refractivity contribution in [1.82, 2.24) is 9.88 Å². The first-order chi connectivity index (χ1) is 9.20. The molecule has 0 radical (unpaired) electrons. The molecule has 0 bridgehead atoms. The molecule has 1 aliphatic carbocycles. The summed E-state index contributed by atoms with van der Waals surface area (Å²) in [6, 6.07) is 7.44. The van der Waals surface area contributed by atoms with Crippen LogP contribution in [0.25, 0.3) is 0 Å². The zero-order valence-corrected chi connectivity index (χ0v) is 12.3. The lowest BCUT2D eigenvalue weighted by Crippen LogP contribution is -2.36. The van der Waals surface area contributed by atoms with Crippen LogP contribution < -0.4 is 10.6 Å². The van der Waals surface area contributed by atoms with Gasteiger partial charge in [0.05, 0.1) is 0 Å². The fourth-order valence-corrected chi connectivity index (χ4v) is 2.12. The van der Waals surface area contributed by atoms with Crippen molar-refractivity contribution in [3.8, 4) is 0 Å². The largest absolute Gasteiger partial charge is 0.370 e. The van der Waals surface area contributed by atoms with Gasteiger partial charge >= 0.3 is 0 Å². The Kier molecular flexibility index (Phi) is 5.02. The van der Waals surface area contributed by atoms with Gasteiger partial charge in [0.15, 0.2) is 0 Å². The third-order valence-corrected chi connectivity index (χ3v) is 3.70. The van der Waals surface area contributed by atoms with Crippen molar-refractivity contribution >= 4 is 11.6 Å². The maximum absolute atomic E-state index is 4.56. The van der Waals surface area contributed by atoms with E-state index in [1.807, 2.05) is 18.2 Å². The van der Waals surface area contributed by atoms with Gasteiger partial charge in [0.25, 0.3) is 0 Å². The summed E-state index contributed by atoms with van der Waals surface area (Å²) in [6.45, 7) is 6.34. The molecule has 4 nitrogen and oxygen atoms in total. The predicted octanol–water partition coefficient (Wildman–Crippen LogP) is 2.80. The Morgan fingerprint density at radius 3 is 2.63 bits per heavy atom. The molecule has 1 fully saturated rings. The zero-order chi connectivity index (χ0) is 13.7. The van der Waals surface area contributed by atoms with Crippen molar-refractivity contribution in [2.75, 3.05) is 30.8 Å². The van der Waals surface area contributed by atoms with Gasteiger partial charge in [0, 0.05) is 25.2 Å². The second kappa shape index (κ2) is 6.75. The van der Waals surface area contributed by atoms with Gasteiger partial charge in [0.1, 0.15) is 11.6 Å². The summed E-state index contributed by atoms with van der Waals surface area (Å²) in [4.78, 5) is 7.03. The van der Waals surface area contributed by atoms with Gasteiger partial charge in [-0.2, -0.15) is 0 Å². The average Bonchev–Trinajstić information content (AvgIpc) is 3.26. The fraction of sp³-hybridized carbons (Fsp3) is 0.667. The first kappa shape index (κ1) is 14.1. The molecule has 1 aromatic heterocycles. The Morgan fingerprint density at radius 1 is 1.32 bits per heavy atom. The van der Waals surface area contributed by atoms with E-state index >= 15 is 0 Å². The minimum absolute atomic E-state index is 0.543. The predicted molar refractivity (Wildman–Crippen MR) is 81.8 cm³/mol. The summed E-state index contributed by atoms with van der Waals surface area (Å²) >= 11 is 0. The number of nitrogens with zero attached hydrogens (tertiary/aromatic N) is 2. The van der Waals surface area contributed by atoms with Crippen LogP contribution in [-0.2, 0) is 0 Å². The maximum atomic E-state index is 4.56. The van der Waals surface area contributed by atoms with E-state index in [0.29, 0.717) is 6.04 Å². The SMILES string of the molecule is CCCNc1cccc(NCC(C)N(C)C2CC2)n1. The third kappa shape index (κ3) is 4.39. The van der Waals surface area contributed by atoms with Crippen molar-refractivity contribution in [1.29, 1.82) is 0 Å². The van der Waals surface area contributed by atoms with E-state index in [4.69, 9.17) is 0 Å². The zero-order valence-electron chi connectivity index (χ0n) is 12.3. The number of likely N-dealkylation sites (N-methyl/N-ethyl adjacent to an activating group) is 1. The molecular weight excluding hydrogens is 236 g/mol. The molecule has 1 heterocycles. The highest BCUT2D eigenvalue weighted by atomic mass is 15.2. The Labute approximate surface area is 116 Å². The lowest BCUT2D eigenvalue weighted by Gasteiger charge is -2.24. The second-order valence-electron chi connectivity index (χ2n) is 5.46. The van der Waals surface area contributed by atoms with Crippen molar-refractivity contribution in [3.05, 3.63) is 18.2 Å². The molecule has 0 aliphatic heterocycles. The van der Waals surface area contributed by atoms with E-state index in [1.165, 1.54) is 12.8 Å². The fourth-order valence-electron chi connectivity index (χ4n) is 2.12. The van der Waals surface area contributed by atoms with Crippen LogP contribution in [0, 0.1) is 0 Å². The van der Waals surface area contributed by atoms with Crippen LogP contribution in [0.3, 0.4) is 0 Å². The first-order valence-corrected chi connectivity index (χ1v) is 7.37. The van der Waals surface area contributed by atoms with Crippen LogP contribution in [0.15, 0.2) is 18.2 Å². The monoisotopic (exact) mass is 262 g/mol. The highest BCUT2D eigenvalue weighted by molar-refractivity contribution is 5.45. The Morgan fingerprint density at radius 2 is 2.00 bits per heavy atom. The van der Waals surface area contributed by atoms with E-state index in [0.717, 1.165) is 37.2 Å². The topological polar surface area (TPSA) is 40.2 Å². The molecule has 0 amide bonds. The van der Waals surface area contributed by atoms with E-state index < -0.39 is 0 Å². The third-order valence-electron chi connectivity index (χ3n) is 3.70. The van der Waals surface area contributed by atoms with Gasteiger partial charge < -0.3 is 10.6 Å². The van der Waals surface area contributed by atoms with Crippen molar-refractivity contribution in [2.24, 2.45) is 0 Å². The normalized spacial score (nSPS) is 16.4. The molecule has 106 valence electrons. The molecule has 1 saturated carbocycles. The number of aromatic nitrogens is 1. The molecule has 2 rings (SSSR count). The molecule has 1 aliphatic rings. The van der Waals surface area contributed by atoms with Crippen molar-refractivity contribution in [3.63, 3.8) is 0 Å². The van der Waals surface area contributed by atoms with Gasteiger partial charge in [-0.1, -0.05) is 13.0 Å². The van der Waals surface area contributed by atoms with Gasteiger partial charge in [-0.3, -0.25) is 4.90 Å². The molecule has 19 heavy (non-hydrogen) atoms. The van der Waals surface area contributed by atoms with Crippen LogP contribution in [0.4, 0.5) is 11.6 Å². The molecule has 0 saturated heterocycles. The molecule has 2 N–H and O–H groups in total. The number of rotatable bonds is 8. The minimum atomic E-state index is 0.543. The molecule has 1 atom stereocenters. The lowest BCUT2D eigenvalue weighted by atomic mass is 10.3. The summed E-state index contributed by atoms with van der Waals surface area (Å²) in [5.41, 5.74) is 0. The lowest BCUT2D eigenvalue weighted by molar-refractivity contribution is 0.257. The molecule has 1 aromatic rings. The molecular formula is C15H26N4. The Bertz CT molecular complexity index is 389. The van der Waals surface area contributed by atoms with Crippen LogP contribution >= 0.6 is 0 Å². The second-order valence-corrected chi connectivity index (χ2v) is 5.46. The number of nitrogens with one attached hydrogen (secondary N) is 2. The number of pyridine rings is 1. The van der Waals surface area contributed by atoms with Crippen LogP contribution in [0.5, 0.6) is 0 Å². The first-order valence-electron chi connectivity index (χ1n) is 7.37. The van der Waals surface area contributed by atoms with Crippen molar-refractivity contribution < 1.29 is 0 Å². The highest BCUT2D eigenvalue weighted by Gasteiger charge is 2.28. The van der Waals surface area contributed by atoms with E-state index in [2.05, 4.69) is 41.4 Å². The summed E-state index contributed by atoms with van der Waals surface area (Å²) in [5, 5.41) is 6.74. The summed E-state index contributed by atoms with van der Waals surface area (Å²) in [5.74, 6) is 1.91. The van der Waals surface area contributed by atoms with Crippen molar-refractivity contribution in [2.45, 2.75) is 45.2 Å². The van der Waals surface area contributed by atoms with E-state index in [1.54, 1.807) is 0 Å². The van der Waals surface area contributed by atoms with Gasteiger partial charge in [-0.15, -0.1) is 0 Å². The standard InChI is InChI=1S/C15H26N4/c1-4-10-16-14-6-5-7-15(18-14)17-11-12(2)19(3)13-8-9-13/h5-7,12-13H,4,8-11H2,1-3H3,(H2,16,17,18). The van der Waals surface area contributed by atoms with Crippen LogP contribution in [0.1, 0.15) is 33.1 Å². The number of anilines is 2. The summed E-state index contributed by atoms with van der Waals surface area (Å²) in [6.07, 6.45) is 3.83. The highest BCUT2D eigenvalue weighted by Crippen LogP contribution is 2.26. The van der Waals surface area contributed by atoms with E-state index in [-0.39, 0.29) is 0 Å². The molecule has 0 spiro atoms. The van der Waals surface area contributed by atoms with Gasteiger partial charge in [0.2, 0.25) is 0 Å². The molecule has 4 heteroatoms. The summed E-state index contributed by atoms with van der Waals surface area (Å²) < 4.78 is 0. The van der Waals surface area contributed by atoms with E-state index in [9.17, 15) is 0 Å². The maximum Gasteiger partial charge on any atom is 0.128 e. The van der Waals surface area contributed by atoms with Gasteiger partial charge in [-0.05, 0) is 45.4 Å². The number of hydrogen-bond donors (Lipinski definition) is 2. The van der Waals surface area contributed by atoms with Crippen LogP contribution in [0.2, 0.25) is 0 Å². The molecule has 1 unspecified atom stereocenters.